The largest absolute Gasteiger partial charge is 0.448 e. The Morgan fingerprint density at radius 2 is 1.72 bits per heavy atom. The second-order valence-corrected chi connectivity index (χ2v) is 8.88. The summed E-state index contributed by atoms with van der Waals surface area (Å²) < 4.78 is 5.95. The van der Waals surface area contributed by atoms with Gasteiger partial charge in [-0.2, -0.15) is 0 Å². The van der Waals surface area contributed by atoms with E-state index in [2.05, 4.69) is 59.6 Å². The second-order valence-electron chi connectivity index (χ2n) is 8.88. The zero-order valence-corrected chi connectivity index (χ0v) is 17.8. The summed E-state index contributed by atoms with van der Waals surface area (Å²) in [5, 5.41) is 0. The van der Waals surface area contributed by atoms with E-state index < -0.39 is 0 Å². The van der Waals surface area contributed by atoms with E-state index in [1.54, 1.807) is 0 Å². The van der Waals surface area contributed by atoms with Gasteiger partial charge in [0, 0.05) is 18.2 Å². The van der Waals surface area contributed by atoms with Crippen LogP contribution in [0.25, 0.3) is 16.7 Å². The fraction of sp³-hybridized carbons (Fsp3) is 0.259. The fourth-order valence-electron chi connectivity index (χ4n) is 5.59. The average molecular weight is 424 g/mol. The normalized spacial score (nSPS) is 21.1. The number of amides is 1. The van der Waals surface area contributed by atoms with Crippen molar-refractivity contribution >= 4 is 17.5 Å². The van der Waals surface area contributed by atoms with Gasteiger partial charge in [-0.05, 0) is 64.8 Å². The molecular formula is C27H25N3O2. The van der Waals surface area contributed by atoms with E-state index in [1.807, 2.05) is 23.2 Å². The SMILES string of the molecule is Nc1ccc(C2=CC3CCC(C2)N3C(=O)OCC2c3ccccc3-c3ccccc32)cn1. The van der Waals surface area contributed by atoms with Gasteiger partial charge in [0.25, 0.3) is 0 Å². The van der Waals surface area contributed by atoms with E-state index in [9.17, 15) is 4.79 Å². The molecule has 2 aliphatic heterocycles. The molecule has 5 nitrogen and oxygen atoms in total. The van der Waals surface area contributed by atoms with Crippen LogP contribution in [-0.4, -0.2) is 34.7 Å². The van der Waals surface area contributed by atoms with Crippen molar-refractivity contribution in [2.45, 2.75) is 37.3 Å². The van der Waals surface area contributed by atoms with Crippen LogP contribution < -0.4 is 5.73 Å². The zero-order valence-electron chi connectivity index (χ0n) is 17.8. The number of carbonyl (C=O) groups excluding carboxylic acids is 1. The summed E-state index contributed by atoms with van der Waals surface area (Å²) in [4.78, 5) is 19.3. The van der Waals surface area contributed by atoms with Gasteiger partial charge in [-0.1, -0.05) is 54.6 Å². The number of aromatic nitrogens is 1. The Kier molecular flexibility index (Phi) is 4.49. The van der Waals surface area contributed by atoms with Gasteiger partial charge in [0.05, 0.1) is 6.04 Å². The lowest BCUT2D eigenvalue weighted by Crippen LogP contribution is -2.43. The first kappa shape index (κ1) is 19.1. The Bertz CT molecular complexity index is 1170. The van der Waals surface area contributed by atoms with Crippen LogP contribution in [0.5, 0.6) is 0 Å². The van der Waals surface area contributed by atoms with Crippen LogP contribution in [0.15, 0.2) is 72.9 Å². The molecule has 160 valence electrons. The number of hydrogen-bond donors (Lipinski definition) is 1. The number of fused-ring (bicyclic) bond motifs is 5. The van der Waals surface area contributed by atoms with Crippen LogP contribution in [0.4, 0.5) is 10.6 Å². The fourth-order valence-corrected chi connectivity index (χ4v) is 5.59. The van der Waals surface area contributed by atoms with Crippen molar-refractivity contribution in [3.63, 3.8) is 0 Å². The molecule has 1 saturated heterocycles. The van der Waals surface area contributed by atoms with Gasteiger partial charge in [0.15, 0.2) is 0 Å². The molecule has 5 heteroatoms. The molecule has 2 bridgehead atoms. The highest BCUT2D eigenvalue weighted by Gasteiger charge is 2.41. The van der Waals surface area contributed by atoms with Gasteiger partial charge >= 0.3 is 6.09 Å². The number of hydrogen-bond acceptors (Lipinski definition) is 4. The Hall–Kier alpha value is -3.60. The predicted octanol–water partition coefficient (Wildman–Crippen LogP) is 5.23. The number of nitrogens with two attached hydrogens (primary N) is 1. The molecule has 3 aromatic rings. The highest BCUT2D eigenvalue weighted by molar-refractivity contribution is 5.79. The topological polar surface area (TPSA) is 68.5 Å². The molecule has 1 fully saturated rings. The molecule has 3 aliphatic rings. The number of nitrogens with zero attached hydrogens (tertiary/aromatic N) is 2. The van der Waals surface area contributed by atoms with E-state index in [0.717, 1.165) is 24.8 Å². The van der Waals surface area contributed by atoms with Gasteiger partial charge < -0.3 is 10.5 Å². The molecule has 1 aliphatic carbocycles. The summed E-state index contributed by atoms with van der Waals surface area (Å²) in [6, 6.07) is 20.9. The Morgan fingerprint density at radius 3 is 2.38 bits per heavy atom. The molecule has 0 spiro atoms. The average Bonchev–Trinajstić information content (AvgIpc) is 3.29. The van der Waals surface area contributed by atoms with Gasteiger partial charge in [0.2, 0.25) is 0 Å². The number of anilines is 1. The van der Waals surface area contributed by atoms with Crippen molar-refractivity contribution < 1.29 is 9.53 Å². The molecule has 1 amide bonds. The number of benzene rings is 2. The zero-order chi connectivity index (χ0) is 21.7. The smallest absolute Gasteiger partial charge is 0.410 e. The first-order valence-electron chi connectivity index (χ1n) is 11.2. The van der Waals surface area contributed by atoms with Gasteiger partial charge in [-0.15, -0.1) is 0 Å². The third-order valence-corrected chi connectivity index (χ3v) is 7.10. The molecule has 2 atom stereocenters. The summed E-state index contributed by atoms with van der Waals surface area (Å²) in [6.07, 6.45) is 6.62. The third kappa shape index (κ3) is 3.08. The summed E-state index contributed by atoms with van der Waals surface area (Å²) in [5.74, 6) is 0.606. The Labute approximate surface area is 187 Å². The maximum Gasteiger partial charge on any atom is 0.410 e. The van der Waals surface area contributed by atoms with Crippen LogP contribution in [0.2, 0.25) is 0 Å². The highest BCUT2D eigenvalue weighted by atomic mass is 16.6. The van der Waals surface area contributed by atoms with E-state index >= 15 is 0 Å². The number of carbonyl (C=O) groups is 1. The number of pyridine rings is 1. The summed E-state index contributed by atoms with van der Waals surface area (Å²) in [7, 11) is 0. The van der Waals surface area contributed by atoms with Gasteiger partial charge in [-0.25, -0.2) is 9.78 Å². The van der Waals surface area contributed by atoms with E-state index in [0.29, 0.717) is 12.4 Å². The predicted molar refractivity (Wildman–Crippen MR) is 125 cm³/mol. The Balaban J connectivity index is 1.20. The maximum atomic E-state index is 13.2. The van der Waals surface area contributed by atoms with E-state index in [-0.39, 0.29) is 24.1 Å². The van der Waals surface area contributed by atoms with Crippen LogP contribution in [0, 0.1) is 0 Å². The van der Waals surface area contributed by atoms with Crippen molar-refractivity contribution in [1.82, 2.24) is 9.88 Å². The highest BCUT2D eigenvalue weighted by Crippen LogP contribution is 2.45. The van der Waals surface area contributed by atoms with E-state index in [4.69, 9.17) is 10.5 Å². The van der Waals surface area contributed by atoms with Crippen LogP contribution in [0.1, 0.15) is 41.9 Å². The lowest BCUT2D eigenvalue weighted by Gasteiger charge is -2.33. The maximum absolute atomic E-state index is 13.2. The molecule has 6 rings (SSSR count). The number of nitrogen functional groups attached to an aromatic ring is 1. The van der Waals surface area contributed by atoms with Crippen LogP contribution >= 0.6 is 0 Å². The molecule has 0 radical (unpaired) electrons. The van der Waals surface area contributed by atoms with Crippen LogP contribution in [0.3, 0.4) is 0 Å². The summed E-state index contributed by atoms with van der Waals surface area (Å²) >= 11 is 0. The molecule has 0 saturated carbocycles. The molecule has 32 heavy (non-hydrogen) atoms. The van der Waals surface area contributed by atoms with Crippen molar-refractivity contribution in [1.29, 1.82) is 0 Å². The number of ether oxygens (including phenoxy) is 1. The van der Waals surface area contributed by atoms with Crippen molar-refractivity contribution in [2.75, 3.05) is 12.3 Å². The molecule has 2 unspecified atom stereocenters. The second kappa shape index (κ2) is 7.52. The Morgan fingerprint density at radius 1 is 1.00 bits per heavy atom. The van der Waals surface area contributed by atoms with Crippen molar-refractivity contribution in [3.8, 4) is 11.1 Å². The lowest BCUT2D eigenvalue weighted by molar-refractivity contribution is 0.0866. The minimum atomic E-state index is -0.204. The molecular weight excluding hydrogens is 398 g/mol. The first-order chi connectivity index (χ1) is 15.7. The number of rotatable bonds is 3. The molecule has 2 N–H and O–H groups in total. The summed E-state index contributed by atoms with van der Waals surface area (Å²) in [5.41, 5.74) is 13.0. The van der Waals surface area contributed by atoms with Crippen molar-refractivity contribution in [3.05, 3.63) is 89.6 Å². The van der Waals surface area contributed by atoms with Gasteiger partial charge in [-0.3, -0.25) is 4.90 Å². The quantitative estimate of drug-likeness (QED) is 0.626. The first-order valence-corrected chi connectivity index (χ1v) is 11.2. The minimum absolute atomic E-state index is 0.0805. The molecule has 1 aromatic heterocycles. The molecule has 3 heterocycles. The minimum Gasteiger partial charge on any atom is -0.448 e. The third-order valence-electron chi connectivity index (χ3n) is 7.10. The monoisotopic (exact) mass is 423 g/mol. The molecule has 2 aromatic carbocycles. The van der Waals surface area contributed by atoms with Crippen molar-refractivity contribution in [2.24, 2.45) is 0 Å². The lowest BCUT2D eigenvalue weighted by atomic mass is 9.96. The van der Waals surface area contributed by atoms with Crippen LogP contribution in [-0.2, 0) is 4.74 Å². The van der Waals surface area contributed by atoms with E-state index in [1.165, 1.54) is 27.8 Å². The standard InChI is InChI=1S/C27H25N3O2/c28-26-12-9-17(15-29-26)18-13-19-10-11-20(14-18)30(19)27(31)32-16-25-23-7-3-1-5-21(23)22-6-2-4-8-24(22)25/h1-9,12-13,15,19-20,25H,10-11,14,16H2,(H2,28,29). The van der Waals surface area contributed by atoms with Gasteiger partial charge in [0.1, 0.15) is 12.4 Å². The summed E-state index contributed by atoms with van der Waals surface area (Å²) in [6.45, 7) is 0.362.